The van der Waals surface area contributed by atoms with Crippen LogP contribution in [0.25, 0.3) is 0 Å². The molecular weight excluding hydrogens is 338 g/mol. The predicted molar refractivity (Wildman–Crippen MR) is 103 cm³/mol. The highest BCUT2D eigenvalue weighted by Gasteiger charge is 2.56. The van der Waals surface area contributed by atoms with Crippen molar-refractivity contribution < 1.29 is 14.7 Å². The number of allylic oxidation sites excluding steroid dienone is 3. The van der Waals surface area contributed by atoms with Gasteiger partial charge in [-0.15, -0.1) is 0 Å². The van der Waals surface area contributed by atoms with Gasteiger partial charge in [0.1, 0.15) is 6.61 Å². The average Bonchev–Trinajstić information content (AvgIpc) is 3.23. The van der Waals surface area contributed by atoms with E-state index in [1.807, 2.05) is 0 Å². The van der Waals surface area contributed by atoms with E-state index >= 15 is 0 Å². The molecule has 1 N–H and O–H groups in total. The zero-order valence-electron chi connectivity index (χ0n) is 16.3. The number of carbonyl (C=O) groups excluding carboxylic acids is 1. The molecule has 0 spiro atoms. The van der Waals surface area contributed by atoms with Crippen LogP contribution in [-0.4, -0.2) is 23.5 Å². The SMILES string of the molecule is C[C@]12CC[C@H]3C(CCC4CC(=NO)CC[C@@]43C)C1=CC=C2C1=CC(=O)OC1. The molecule has 2 unspecified atom stereocenters. The van der Waals surface area contributed by atoms with Crippen LogP contribution in [0.3, 0.4) is 0 Å². The van der Waals surface area contributed by atoms with Crippen LogP contribution < -0.4 is 0 Å². The molecule has 27 heavy (non-hydrogen) atoms. The number of ether oxygens (including phenoxy) is 1. The van der Waals surface area contributed by atoms with Crippen LogP contribution >= 0.6 is 0 Å². The van der Waals surface area contributed by atoms with Crippen molar-refractivity contribution in [2.45, 2.75) is 58.8 Å². The third-order valence-electron chi connectivity index (χ3n) is 8.69. The van der Waals surface area contributed by atoms with E-state index in [0.717, 1.165) is 42.9 Å². The van der Waals surface area contributed by atoms with Gasteiger partial charge in [0.15, 0.2) is 0 Å². The minimum Gasteiger partial charge on any atom is -0.458 e. The zero-order valence-corrected chi connectivity index (χ0v) is 16.3. The maximum Gasteiger partial charge on any atom is 0.331 e. The maximum atomic E-state index is 11.6. The minimum absolute atomic E-state index is 0.0660. The lowest BCUT2D eigenvalue weighted by Crippen LogP contribution is -2.51. The molecule has 1 heterocycles. The van der Waals surface area contributed by atoms with E-state index in [4.69, 9.17) is 4.74 Å². The number of cyclic esters (lactones) is 1. The lowest BCUT2D eigenvalue weighted by atomic mass is 9.46. The third-order valence-corrected chi connectivity index (χ3v) is 8.69. The highest BCUT2D eigenvalue weighted by atomic mass is 16.5. The topological polar surface area (TPSA) is 58.9 Å². The van der Waals surface area contributed by atoms with Gasteiger partial charge >= 0.3 is 5.97 Å². The van der Waals surface area contributed by atoms with Gasteiger partial charge < -0.3 is 9.94 Å². The van der Waals surface area contributed by atoms with Gasteiger partial charge in [-0.3, -0.25) is 0 Å². The summed E-state index contributed by atoms with van der Waals surface area (Å²) in [6, 6.07) is 0. The second kappa shape index (κ2) is 5.83. The Morgan fingerprint density at radius 2 is 2.04 bits per heavy atom. The standard InChI is InChI=1S/C23H29NO3/c1-22-9-7-16(24-26)12-15(22)3-4-17-19-6-5-18(14-11-21(25)27-13-14)23(19,2)10-8-20(17)22/h5-6,11,15,17,20,26H,3-4,7-10,12-13H2,1-2H3/t15?,17?,20-,22-,23+/m0/s1. The van der Waals surface area contributed by atoms with Gasteiger partial charge in [0.05, 0.1) is 5.71 Å². The quantitative estimate of drug-likeness (QED) is 0.411. The summed E-state index contributed by atoms with van der Waals surface area (Å²) in [5.74, 6) is 1.82. The van der Waals surface area contributed by atoms with Crippen LogP contribution in [0.2, 0.25) is 0 Å². The Bertz CT molecular complexity index is 819. The number of hydrogen-bond acceptors (Lipinski definition) is 4. The van der Waals surface area contributed by atoms with E-state index in [-0.39, 0.29) is 11.4 Å². The number of hydrogen-bond donors (Lipinski definition) is 1. The Morgan fingerprint density at radius 1 is 1.19 bits per heavy atom. The molecule has 5 atom stereocenters. The fourth-order valence-corrected chi connectivity index (χ4v) is 7.14. The van der Waals surface area contributed by atoms with Crippen molar-refractivity contribution in [1.29, 1.82) is 0 Å². The molecular formula is C23H29NO3. The van der Waals surface area contributed by atoms with Crippen LogP contribution in [0.4, 0.5) is 0 Å². The molecule has 0 aromatic heterocycles. The molecule has 0 aromatic rings. The summed E-state index contributed by atoms with van der Waals surface area (Å²) in [6.45, 7) is 5.31. The summed E-state index contributed by atoms with van der Waals surface area (Å²) in [5.41, 5.74) is 5.40. The molecule has 4 heteroatoms. The first-order chi connectivity index (χ1) is 13.0. The molecule has 144 valence electrons. The van der Waals surface area contributed by atoms with Crippen molar-refractivity contribution in [2.24, 2.45) is 33.7 Å². The van der Waals surface area contributed by atoms with E-state index in [0.29, 0.717) is 23.9 Å². The number of carbonyl (C=O) groups is 1. The number of esters is 1. The predicted octanol–water partition coefficient (Wildman–Crippen LogP) is 4.80. The van der Waals surface area contributed by atoms with Gasteiger partial charge in [0.25, 0.3) is 0 Å². The molecule has 0 saturated heterocycles. The normalized spacial score (nSPS) is 44.7. The molecule has 0 amide bonds. The first-order valence-electron chi connectivity index (χ1n) is 10.5. The van der Waals surface area contributed by atoms with E-state index < -0.39 is 0 Å². The van der Waals surface area contributed by atoms with Crippen molar-refractivity contribution in [2.75, 3.05) is 6.61 Å². The van der Waals surface area contributed by atoms with Crippen LogP contribution in [0, 0.1) is 28.6 Å². The zero-order chi connectivity index (χ0) is 18.8. The fourth-order valence-electron chi connectivity index (χ4n) is 7.14. The Kier molecular flexibility index (Phi) is 3.73. The molecule has 5 aliphatic rings. The van der Waals surface area contributed by atoms with Crippen molar-refractivity contribution in [1.82, 2.24) is 0 Å². The first kappa shape index (κ1) is 17.3. The molecule has 0 aromatic carbocycles. The van der Waals surface area contributed by atoms with E-state index in [1.54, 1.807) is 11.6 Å². The summed E-state index contributed by atoms with van der Waals surface area (Å²) < 4.78 is 5.19. The summed E-state index contributed by atoms with van der Waals surface area (Å²) in [5, 5.41) is 12.8. The number of fused-ring (bicyclic) bond motifs is 5. The molecule has 3 saturated carbocycles. The Hall–Kier alpha value is -1.84. The van der Waals surface area contributed by atoms with Gasteiger partial charge in [-0.1, -0.05) is 36.7 Å². The van der Waals surface area contributed by atoms with E-state index in [2.05, 4.69) is 31.2 Å². The molecule has 0 bridgehead atoms. The van der Waals surface area contributed by atoms with Crippen molar-refractivity contribution in [3.05, 3.63) is 34.9 Å². The molecule has 4 aliphatic carbocycles. The van der Waals surface area contributed by atoms with Crippen LogP contribution in [0.5, 0.6) is 0 Å². The largest absolute Gasteiger partial charge is 0.458 e. The van der Waals surface area contributed by atoms with Crippen molar-refractivity contribution in [3.63, 3.8) is 0 Å². The van der Waals surface area contributed by atoms with E-state index in [9.17, 15) is 10.0 Å². The Labute approximate surface area is 161 Å². The highest BCUT2D eigenvalue weighted by molar-refractivity contribution is 5.87. The molecule has 1 aliphatic heterocycles. The monoisotopic (exact) mass is 367 g/mol. The molecule has 3 fully saturated rings. The van der Waals surface area contributed by atoms with Crippen LogP contribution in [0.15, 0.2) is 40.1 Å². The van der Waals surface area contributed by atoms with Crippen LogP contribution in [-0.2, 0) is 9.53 Å². The number of oxime groups is 1. The summed E-state index contributed by atoms with van der Waals surface area (Å²) in [6.07, 6.45) is 14.2. The van der Waals surface area contributed by atoms with Gasteiger partial charge in [-0.25, -0.2) is 4.79 Å². The lowest BCUT2D eigenvalue weighted by molar-refractivity contribution is -0.134. The highest BCUT2D eigenvalue weighted by Crippen LogP contribution is 2.65. The van der Waals surface area contributed by atoms with Crippen molar-refractivity contribution in [3.8, 4) is 0 Å². The summed E-state index contributed by atoms with van der Waals surface area (Å²) >= 11 is 0. The smallest absolute Gasteiger partial charge is 0.331 e. The van der Waals surface area contributed by atoms with Gasteiger partial charge in [-0.2, -0.15) is 0 Å². The first-order valence-corrected chi connectivity index (χ1v) is 10.5. The van der Waals surface area contributed by atoms with Crippen LogP contribution in [0.1, 0.15) is 58.8 Å². The summed E-state index contributed by atoms with van der Waals surface area (Å²) in [7, 11) is 0. The minimum atomic E-state index is -0.201. The fraction of sp³-hybridized carbons (Fsp3) is 0.652. The average molecular weight is 367 g/mol. The Morgan fingerprint density at radius 3 is 2.78 bits per heavy atom. The Balaban J connectivity index is 1.43. The van der Waals surface area contributed by atoms with Gasteiger partial charge in [0.2, 0.25) is 0 Å². The lowest BCUT2D eigenvalue weighted by Gasteiger charge is -2.58. The second-order valence-electron chi connectivity index (χ2n) is 9.71. The van der Waals surface area contributed by atoms with Gasteiger partial charge in [-0.05, 0) is 73.7 Å². The number of rotatable bonds is 1. The van der Waals surface area contributed by atoms with E-state index in [1.165, 1.54) is 24.8 Å². The summed E-state index contributed by atoms with van der Waals surface area (Å²) in [4.78, 5) is 11.6. The third kappa shape index (κ3) is 2.34. The molecule has 0 radical (unpaired) electrons. The maximum absolute atomic E-state index is 11.6. The molecule has 4 nitrogen and oxygen atoms in total. The number of nitrogens with zero attached hydrogens (tertiary/aromatic N) is 1. The molecule has 5 rings (SSSR count). The second-order valence-corrected chi connectivity index (χ2v) is 9.71. The van der Waals surface area contributed by atoms with Gasteiger partial charge in [0, 0.05) is 17.1 Å². The van der Waals surface area contributed by atoms with Crippen molar-refractivity contribution >= 4 is 11.7 Å².